The van der Waals surface area contributed by atoms with Gasteiger partial charge in [-0.3, -0.25) is 14.4 Å². The molecule has 5 heteroatoms. The van der Waals surface area contributed by atoms with E-state index in [9.17, 15) is 14.4 Å². The van der Waals surface area contributed by atoms with Gasteiger partial charge in [-0.2, -0.15) is 0 Å². The van der Waals surface area contributed by atoms with E-state index in [1.54, 1.807) is 0 Å². The van der Waals surface area contributed by atoms with E-state index in [2.05, 4.69) is 11.5 Å². The number of nitrogens with two attached hydrogens (primary N) is 2. The summed E-state index contributed by atoms with van der Waals surface area (Å²) in [6, 6.07) is 0. The lowest BCUT2D eigenvalue weighted by atomic mass is 10.00. The predicted octanol–water partition coefficient (Wildman–Crippen LogP) is -0.523. The van der Waals surface area contributed by atoms with Crippen LogP contribution in [0.25, 0.3) is 0 Å². The molecule has 0 unspecified atom stereocenters. The van der Waals surface area contributed by atoms with Crippen LogP contribution in [-0.4, -0.2) is 17.6 Å². The Labute approximate surface area is 76.5 Å². The van der Waals surface area contributed by atoms with Gasteiger partial charge in [0.2, 0.25) is 0 Å². The van der Waals surface area contributed by atoms with Gasteiger partial charge < -0.3 is 11.5 Å². The molecule has 1 aliphatic carbocycles. The van der Waals surface area contributed by atoms with E-state index in [0.29, 0.717) is 5.78 Å². The lowest BCUT2D eigenvalue weighted by Gasteiger charge is -2.05. The zero-order valence-corrected chi connectivity index (χ0v) is 7.41. The average molecular weight is 186 g/mol. The molecule has 0 aromatic carbocycles. The van der Waals surface area contributed by atoms with Crippen molar-refractivity contribution in [2.75, 3.05) is 0 Å². The molecule has 0 bridgehead atoms. The first-order valence-corrected chi connectivity index (χ1v) is 4.15. The van der Waals surface area contributed by atoms with Crippen molar-refractivity contribution in [1.29, 1.82) is 0 Å². The van der Waals surface area contributed by atoms with Gasteiger partial charge in [-0.1, -0.05) is 6.42 Å². The molecule has 0 saturated heterocycles. The molecule has 2 amide bonds. The lowest BCUT2D eigenvalue weighted by Crippen LogP contribution is -2.29. The minimum Gasteiger partial charge on any atom is -0.361 e. The number of Topliss-reactive ketones (excluding diaryl/α,β-unsaturated/α-hetero) is 1. The largest absolute Gasteiger partial charge is 0.361 e. The van der Waals surface area contributed by atoms with Gasteiger partial charge in [-0.05, 0) is 12.8 Å². The zero-order chi connectivity index (χ0) is 10.3. The molecule has 0 atom stereocenters. The van der Waals surface area contributed by atoms with E-state index in [4.69, 9.17) is 0 Å². The number of hydrogen-bond donors (Lipinski definition) is 2. The highest BCUT2D eigenvalue weighted by atomic mass is 16.2. The van der Waals surface area contributed by atoms with E-state index in [-0.39, 0.29) is 0 Å². The van der Waals surface area contributed by atoms with Crippen molar-refractivity contribution in [2.24, 2.45) is 11.5 Å². The molecule has 4 N–H and O–H groups in total. The minimum atomic E-state index is -1.10. The summed E-state index contributed by atoms with van der Waals surface area (Å²) >= 11 is 0. The van der Waals surface area contributed by atoms with Crippen LogP contribution in [0.15, 0.2) is 0 Å². The van der Waals surface area contributed by atoms with Crippen molar-refractivity contribution < 1.29 is 14.4 Å². The monoisotopic (exact) mass is 186 g/mol. The molecular weight excluding hydrogens is 172 g/mol. The van der Waals surface area contributed by atoms with Gasteiger partial charge in [0, 0.05) is 12.8 Å². The van der Waals surface area contributed by atoms with Gasteiger partial charge in [-0.15, -0.1) is 0 Å². The van der Waals surface area contributed by atoms with Crippen LogP contribution in [-0.2, 0) is 14.4 Å². The van der Waals surface area contributed by atoms with Gasteiger partial charge in [-0.25, -0.2) is 0 Å². The predicted molar refractivity (Wildman–Crippen MR) is 46.5 cm³/mol. The number of ketones is 1. The molecule has 1 saturated carbocycles. The van der Waals surface area contributed by atoms with Crippen molar-refractivity contribution in [3.63, 3.8) is 0 Å². The van der Waals surface area contributed by atoms with Crippen molar-refractivity contribution in [3.8, 4) is 0 Å². The molecule has 1 aliphatic rings. The lowest BCUT2D eigenvalue weighted by molar-refractivity contribution is -0.135. The Morgan fingerprint density at radius 3 is 1.46 bits per heavy atom. The highest BCUT2D eigenvalue weighted by Crippen LogP contribution is 2.12. The molecule has 0 aromatic heterocycles. The van der Waals surface area contributed by atoms with Crippen LogP contribution in [0.2, 0.25) is 0 Å². The Bertz CT molecular complexity index is 193. The fraction of sp³-hybridized carbons (Fsp3) is 0.625. The maximum Gasteiger partial charge on any atom is 0.306 e. The SMILES string of the molecule is NC(=O)C(N)=O.O=C1CCCCC1. The number of carbonyl (C=O) groups excluding carboxylic acids is 3. The van der Waals surface area contributed by atoms with Gasteiger partial charge in [0.1, 0.15) is 5.78 Å². The van der Waals surface area contributed by atoms with Crippen molar-refractivity contribution in [2.45, 2.75) is 32.1 Å². The van der Waals surface area contributed by atoms with Crippen LogP contribution in [0, 0.1) is 0 Å². The molecule has 0 aliphatic heterocycles. The van der Waals surface area contributed by atoms with E-state index in [0.717, 1.165) is 25.7 Å². The smallest absolute Gasteiger partial charge is 0.306 e. The van der Waals surface area contributed by atoms with Gasteiger partial charge >= 0.3 is 11.8 Å². The van der Waals surface area contributed by atoms with Crippen LogP contribution >= 0.6 is 0 Å². The maximum atomic E-state index is 10.5. The highest BCUT2D eigenvalue weighted by Gasteiger charge is 2.05. The molecule has 5 nitrogen and oxygen atoms in total. The minimum absolute atomic E-state index is 0.464. The fourth-order valence-corrected chi connectivity index (χ4v) is 0.946. The van der Waals surface area contributed by atoms with Crippen LogP contribution in [0.5, 0.6) is 0 Å². The first-order valence-electron chi connectivity index (χ1n) is 4.15. The van der Waals surface area contributed by atoms with Crippen molar-refractivity contribution in [1.82, 2.24) is 0 Å². The first-order chi connectivity index (χ1) is 6.04. The standard InChI is InChI=1S/C6H10O.C2H4N2O2/c7-6-4-2-1-3-5-6;3-1(5)2(4)6/h1-5H2;(H2,3,5)(H2,4,6). The summed E-state index contributed by atoms with van der Waals surface area (Å²) in [5.74, 6) is -1.74. The number of hydrogen-bond acceptors (Lipinski definition) is 3. The highest BCUT2D eigenvalue weighted by molar-refractivity contribution is 6.33. The third kappa shape index (κ3) is 6.99. The molecule has 0 heterocycles. The molecule has 0 aromatic rings. The van der Waals surface area contributed by atoms with Crippen LogP contribution < -0.4 is 11.5 Å². The summed E-state index contributed by atoms with van der Waals surface area (Å²) < 4.78 is 0. The van der Waals surface area contributed by atoms with E-state index in [1.165, 1.54) is 6.42 Å². The van der Waals surface area contributed by atoms with Gasteiger partial charge in [0.25, 0.3) is 0 Å². The van der Waals surface area contributed by atoms with Gasteiger partial charge in [0.15, 0.2) is 0 Å². The molecule has 1 rings (SSSR count). The number of primary amides is 2. The molecule has 1 fully saturated rings. The normalized spacial score (nSPS) is 15.5. The second-order valence-electron chi connectivity index (χ2n) is 2.83. The van der Waals surface area contributed by atoms with Crippen LogP contribution in [0.3, 0.4) is 0 Å². The zero-order valence-electron chi connectivity index (χ0n) is 7.41. The van der Waals surface area contributed by atoms with Crippen molar-refractivity contribution >= 4 is 17.6 Å². The molecular formula is C8H14N2O3. The van der Waals surface area contributed by atoms with E-state index >= 15 is 0 Å². The summed E-state index contributed by atoms with van der Waals surface area (Å²) in [5.41, 5.74) is 8.64. The Morgan fingerprint density at radius 1 is 0.923 bits per heavy atom. The van der Waals surface area contributed by atoms with Crippen LogP contribution in [0.4, 0.5) is 0 Å². The number of amides is 2. The third-order valence-electron chi connectivity index (χ3n) is 1.65. The second-order valence-corrected chi connectivity index (χ2v) is 2.83. The number of rotatable bonds is 0. The molecule has 0 spiro atoms. The average Bonchev–Trinajstić information content (AvgIpc) is 2.06. The molecule has 0 radical (unpaired) electrons. The summed E-state index contributed by atoms with van der Waals surface area (Å²) in [6.07, 6.45) is 5.24. The first kappa shape index (κ1) is 11.6. The topological polar surface area (TPSA) is 103 Å². The van der Waals surface area contributed by atoms with Crippen LogP contribution in [0.1, 0.15) is 32.1 Å². The Hall–Kier alpha value is -1.39. The number of carbonyl (C=O) groups is 3. The summed E-state index contributed by atoms with van der Waals surface area (Å²) in [5, 5.41) is 0. The molecule has 74 valence electrons. The summed E-state index contributed by atoms with van der Waals surface area (Å²) in [6.45, 7) is 0. The Kier molecular flexibility index (Phi) is 5.50. The summed E-state index contributed by atoms with van der Waals surface area (Å²) in [4.78, 5) is 29.4. The van der Waals surface area contributed by atoms with Crippen molar-refractivity contribution in [3.05, 3.63) is 0 Å². The molecule has 13 heavy (non-hydrogen) atoms. The quantitative estimate of drug-likeness (QED) is 0.497. The Morgan fingerprint density at radius 2 is 1.31 bits per heavy atom. The van der Waals surface area contributed by atoms with Gasteiger partial charge in [0.05, 0.1) is 0 Å². The maximum absolute atomic E-state index is 10.5. The Balaban J connectivity index is 0.000000226. The second kappa shape index (κ2) is 6.16. The van der Waals surface area contributed by atoms with E-state index < -0.39 is 11.8 Å². The van der Waals surface area contributed by atoms with E-state index in [1.807, 2.05) is 0 Å². The fourth-order valence-electron chi connectivity index (χ4n) is 0.946. The third-order valence-corrected chi connectivity index (χ3v) is 1.65. The summed E-state index contributed by atoms with van der Waals surface area (Å²) in [7, 11) is 0.